The molecule has 2 aromatic rings. The lowest BCUT2D eigenvalue weighted by molar-refractivity contribution is 0.0924. The standard InChI is InChI=1S/C17H19FN2O4S/c1-12(21)10-19-17(22)14-4-8-16(9-5-14)25(23,24)20-11-13-2-6-15(18)7-3-13/h2-9,12,20-21H,10-11H2,1H3,(H,19,22). The maximum Gasteiger partial charge on any atom is 0.251 e. The van der Waals surface area contributed by atoms with Crippen LogP contribution in [-0.2, 0) is 16.6 Å². The molecule has 2 rings (SSSR count). The molecule has 0 bridgehead atoms. The first kappa shape index (κ1) is 19.0. The zero-order valence-corrected chi connectivity index (χ0v) is 14.4. The van der Waals surface area contributed by atoms with E-state index in [0.29, 0.717) is 5.56 Å². The zero-order chi connectivity index (χ0) is 18.4. The predicted octanol–water partition coefficient (Wildman–Crippen LogP) is 1.41. The van der Waals surface area contributed by atoms with Gasteiger partial charge in [0.05, 0.1) is 11.0 Å². The third kappa shape index (κ3) is 5.63. The molecule has 0 spiro atoms. The van der Waals surface area contributed by atoms with Crippen LogP contribution in [0.1, 0.15) is 22.8 Å². The lowest BCUT2D eigenvalue weighted by Crippen LogP contribution is -2.30. The number of aliphatic hydroxyl groups is 1. The summed E-state index contributed by atoms with van der Waals surface area (Å²) < 4.78 is 39.8. The van der Waals surface area contributed by atoms with E-state index in [9.17, 15) is 17.6 Å². The topological polar surface area (TPSA) is 95.5 Å². The molecule has 1 amide bonds. The van der Waals surface area contributed by atoms with Crippen molar-refractivity contribution in [1.82, 2.24) is 10.0 Å². The van der Waals surface area contributed by atoms with Gasteiger partial charge in [0, 0.05) is 18.7 Å². The van der Waals surface area contributed by atoms with Crippen LogP contribution in [0.2, 0.25) is 0 Å². The number of carbonyl (C=O) groups excluding carboxylic acids is 1. The molecule has 2 aromatic carbocycles. The molecular formula is C17H19FN2O4S. The van der Waals surface area contributed by atoms with E-state index >= 15 is 0 Å². The quantitative estimate of drug-likeness (QED) is 0.690. The van der Waals surface area contributed by atoms with Gasteiger partial charge in [0.2, 0.25) is 10.0 Å². The fourth-order valence-electron chi connectivity index (χ4n) is 1.99. The molecule has 0 saturated carbocycles. The smallest absolute Gasteiger partial charge is 0.251 e. The van der Waals surface area contributed by atoms with Crippen LogP contribution in [0.25, 0.3) is 0 Å². The van der Waals surface area contributed by atoms with Gasteiger partial charge in [-0.3, -0.25) is 4.79 Å². The number of rotatable bonds is 7. The van der Waals surface area contributed by atoms with Crippen molar-refractivity contribution in [1.29, 1.82) is 0 Å². The Hall–Kier alpha value is -2.29. The highest BCUT2D eigenvalue weighted by Crippen LogP contribution is 2.12. The second-order valence-corrected chi connectivity index (χ2v) is 7.30. The highest BCUT2D eigenvalue weighted by molar-refractivity contribution is 7.89. The first-order valence-corrected chi connectivity index (χ1v) is 9.07. The molecule has 0 aliphatic heterocycles. The van der Waals surface area contributed by atoms with E-state index in [1.54, 1.807) is 6.92 Å². The van der Waals surface area contributed by atoms with Crippen molar-refractivity contribution in [3.63, 3.8) is 0 Å². The van der Waals surface area contributed by atoms with E-state index in [0.717, 1.165) is 0 Å². The number of hydrogen-bond acceptors (Lipinski definition) is 4. The summed E-state index contributed by atoms with van der Waals surface area (Å²) in [6, 6.07) is 10.9. The molecule has 1 atom stereocenters. The maximum atomic E-state index is 12.8. The van der Waals surface area contributed by atoms with Crippen LogP contribution in [-0.4, -0.2) is 32.1 Å². The van der Waals surface area contributed by atoms with Crippen LogP contribution >= 0.6 is 0 Å². The number of halogens is 1. The monoisotopic (exact) mass is 366 g/mol. The fourth-order valence-corrected chi connectivity index (χ4v) is 3.01. The lowest BCUT2D eigenvalue weighted by atomic mass is 10.2. The molecule has 0 aliphatic carbocycles. The SMILES string of the molecule is CC(O)CNC(=O)c1ccc(S(=O)(=O)NCc2ccc(F)cc2)cc1. The Kier molecular flexibility index (Phi) is 6.24. The van der Waals surface area contributed by atoms with Gasteiger partial charge in [-0.25, -0.2) is 17.5 Å². The van der Waals surface area contributed by atoms with Gasteiger partial charge in [0.1, 0.15) is 5.82 Å². The molecule has 3 N–H and O–H groups in total. The van der Waals surface area contributed by atoms with Gasteiger partial charge in [-0.2, -0.15) is 0 Å². The average molecular weight is 366 g/mol. The number of aliphatic hydroxyl groups excluding tert-OH is 1. The third-order valence-corrected chi connectivity index (χ3v) is 4.78. The van der Waals surface area contributed by atoms with Crippen LogP contribution in [0.4, 0.5) is 4.39 Å². The van der Waals surface area contributed by atoms with Gasteiger partial charge in [-0.1, -0.05) is 12.1 Å². The molecule has 0 aromatic heterocycles. The van der Waals surface area contributed by atoms with Crippen LogP contribution in [0.3, 0.4) is 0 Å². The summed E-state index contributed by atoms with van der Waals surface area (Å²) in [4.78, 5) is 11.8. The summed E-state index contributed by atoms with van der Waals surface area (Å²) in [6.45, 7) is 1.68. The van der Waals surface area contributed by atoms with Gasteiger partial charge in [0.15, 0.2) is 0 Å². The van der Waals surface area contributed by atoms with Gasteiger partial charge in [-0.15, -0.1) is 0 Å². The van der Waals surface area contributed by atoms with E-state index in [1.165, 1.54) is 48.5 Å². The Morgan fingerprint density at radius 2 is 1.72 bits per heavy atom. The van der Waals surface area contributed by atoms with Crippen LogP contribution in [0.15, 0.2) is 53.4 Å². The summed E-state index contributed by atoms with van der Waals surface area (Å²) >= 11 is 0. The second kappa shape index (κ2) is 8.19. The normalized spacial score (nSPS) is 12.6. The van der Waals surface area contributed by atoms with Gasteiger partial charge >= 0.3 is 0 Å². The summed E-state index contributed by atoms with van der Waals surface area (Å²) in [5.41, 5.74) is 0.914. The van der Waals surface area contributed by atoms with E-state index in [4.69, 9.17) is 5.11 Å². The number of sulfonamides is 1. The Labute approximate surface area is 145 Å². The molecule has 6 nitrogen and oxygen atoms in total. The highest BCUT2D eigenvalue weighted by Gasteiger charge is 2.15. The van der Waals surface area contributed by atoms with Crippen molar-refractivity contribution in [3.8, 4) is 0 Å². The molecular weight excluding hydrogens is 347 g/mol. The minimum Gasteiger partial charge on any atom is -0.392 e. The largest absolute Gasteiger partial charge is 0.392 e. The van der Waals surface area contributed by atoms with Crippen molar-refractivity contribution in [2.75, 3.05) is 6.54 Å². The van der Waals surface area contributed by atoms with Gasteiger partial charge < -0.3 is 10.4 Å². The Bertz CT molecular complexity index is 819. The zero-order valence-electron chi connectivity index (χ0n) is 13.6. The lowest BCUT2D eigenvalue weighted by Gasteiger charge is -2.09. The molecule has 0 heterocycles. The molecule has 0 saturated heterocycles. The van der Waals surface area contributed by atoms with E-state index in [2.05, 4.69) is 10.0 Å². The molecule has 1 unspecified atom stereocenters. The minimum absolute atomic E-state index is 0.0155. The fraction of sp³-hybridized carbons (Fsp3) is 0.235. The van der Waals surface area contributed by atoms with Crippen LogP contribution in [0, 0.1) is 5.82 Å². The Balaban J connectivity index is 2.01. The Morgan fingerprint density at radius 3 is 2.28 bits per heavy atom. The summed E-state index contributed by atoms with van der Waals surface area (Å²) in [5, 5.41) is 11.7. The van der Waals surface area contributed by atoms with Crippen LogP contribution in [0.5, 0.6) is 0 Å². The average Bonchev–Trinajstić information content (AvgIpc) is 2.59. The molecule has 0 fully saturated rings. The van der Waals surface area contributed by atoms with Gasteiger partial charge in [-0.05, 0) is 48.9 Å². The second-order valence-electron chi connectivity index (χ2n) is 5.53. The summed E-state index contributed by atoms with van der Waals surface area (Å²) in [5.74, 6) is -0.791. The summed E-state index contributed by atoms with van der Waals surface area (Å²) in [7, 11) is -3.75. The molecule has 134 valence electrons. The highest BCUT2D eigenvalue weighted by atomic mass is 32.2. The molecule has 0 radical (unpaired) electrons. The van der Waals surface area contributed by atoms with E-state index in [1.807, 2.05) is 0 Å². The molecule has 25 heavy (non-hydrogen) atoms. The predicted molar refractivity (Wildman–Crippen MR) is 90.9 cm³/mol. The maximum absolute atomic E-state index is 12.8. The number of nitrogens with one attached hydrogen (secondary N) is 2. The summed E-state index contributed by atoms with van der Waals surface area (Å²) in [6.07, 6.45) is -0.667. The number of benzene rings is 2. The van der Waals surface area contributed by atoms with Crippen molar-refractivity contribution in [3.05, 3.63) is 65.5 Å². The van der Waals surface area contributed by atoms with E-state index in [-0.39, 0.29) is 23.5 Å². The van der Waals surface area contributed by atoms with E-state index < -0.39 is 27.9 Å². The van der Waals surface area contributed by atoms with Crippen LogP contribution < -0.4 is 10.0 Å². The number of carbonyl (C=O) groups is 1. The Morgan fingerprint density at radius 1 is 1.12 bits per heavy atom. The third-order valence-electron chi connectivity index (χ3n) is 3.36. The van der Waals surface area contributed by atoms with Crippen molar-refractivity contribution < 1.29 is 22.7 Å². The molecule has 0 aliphatic rings. The number of hydrogen-bond donors (Lipinski definition) is 3. The first-order chi connectivity index (χ1) is 11.8. The van der Waals surface area contributed by atoms with Crippen molar-refractivity contribution in [2.45, 2.75) is 24.5 Å². The first-order valence-electron chi connectivity index (χ1n) is 7.58. The number of amides is 1. The van der Waals surface area contributed by atoms with Gasteiger partial charge in [0.25, 0.3) is 5.91 Å². The minimum atomic E-state index is -3.75. The van der Waals surface area contributed by atoms with Crippen molar-refractivity contribution in [2.24, 2.45) is 0 Å². The van der Waals surface area contributed by atoms with Crippen molar-refractivity contribution >= 4 is 15.9 Å². The molecule has 8 heteroatoms.